The number of hydrogen-bond acceptors (Lipinski definition) is 4. The van der Waals surface area contributed by atoms with E-state index in [1.54, 1.807) is 24.8 Å². The van der Waals surface area contributed by atoms with E-state index in [0.717, 1.165) is 12.8 Å². The molecule has 0 radical (unpaired) electrons. The molecule has 1 aliphatic rings. The molecule has 0 aliphatic carbocycles. The lowest BCUT2D eigenvalue weighted by Crippen LogP contribution is -2.45. The van der Waals surface area contributed by atoms with Crippen LogP contribution in [0.2, 0.25) is 0 Å². The van der Waals surface area contributed by atoms with Crippen LogP contribution < -0.4 is 10.5 Å². The molecule has 1 aromatic carbocycles. The van der Waals surface area contributed by atoms with Gasteiger partial charge in [-0.25, -0.2) is 8.42 Å². The van der Waals surface area contributed by atoms with Crippen molar-refractivity contribution in [2.75, 3.05) is 18.8 Å². The first-order chi connectivity index (χ1) is 9.81. The molecule has 1 heterocycles. The number of carbonyl (C=O) groups excluding carboxylic acids is 1. The van der Waals surface area contributed by atoms with Gasteiger partial charge in [-0.05, 0) is 50.5 Å². The van der Waals surface area contributed by atoms with Crippen LogP contribution in [0, 0.1) is 6.92 Å². The van der Waals surface area contributed by atoms with E-state index in [4.69, 9.17) is 5.73 Å². The number of anilines is 1. The Labute approximate surface area is 125 Å². The fourth-order valence-corrected chi connectivity index (χ4v) is 3.66. The zero-order chi connectivity index (χ0) is 15.6. The van der Waals surface area contributed by atoms with Crippen LogP contribution in [-0.4, -0.2) is 38.4 Å². The van der Waals surface area contributed by atoms with Crippen molar-refractivity contribution in [3.63, 3.8) is 0 Å². The van der Waals surface area contributed by atoms with Gasteiger partial charge in [0.05, 0.1) is 10.9 Å². The standard InChI is InChI=1S/C14H21N3O3S/c1-10-9-12(5-6-13(10)15)21(19,20)16-11(2)14(18)17-7-3-4-8-17/h5-6,9,11,16H,3-4,7-8,15H2,1-2H3. The van der Waals surface area contributed by atoms with Crippen LogP contribution in [0.1, 0.15) is 25.3 Å². The fourth-order valence-electron chi connectivity index (χ4n) is 2.38. The van der Waals surface area contributed by atoms with Gasteiger partial charge in [0, 0.05) is 18.8 Å². The number of nitrogen functional groups attached to an aromatic ring is 1. The molecule has 1 atom stereocenters. The minimum absolute atomic E-state index is 0.121. The molecule has 1 aromatic rings. The Kier molecular flexibility index (Phi) is 4.53. The second-order valence-electron chi connectivity index (χ2n) is 5.39. The summed E-state index contributed by atoms with van der Waals surface area (Å²) < 4.78 is 27.0. The van der Waals surface area contributed by atoms with Crippen LogP contribution in [0.15, 0.2) is 23.1 Å². The smallest absolute Gasteiger partial charge is 0.241 e. The van der Waals surface area contributed by atoms with E-state index in [0.29, 0.717) is 24.3 Å². The number of amides is 1. The minimum atomic E-state index is -3.73. The number of sulfonamides is 1. The summed E-state index contributed by atoms with van der Waals surface area (Å²) in [6.45, 7) is 4.72. The Bertz CT molecular complexity index is 637. The third-order valence-electron chi connectivity index (χ3n) is 3.67. The van der Waals surface area contributed by atoms with Crippen LogP contribution in [-0.2, 0) is 14.8 Å². The number of carbonyl (C=O) groups is 1. The van der Waals surface area contributed by atoms with Gasteiger partial charge in [0.1, 0.15) is 0 Å². The van der Waals surface area contributed by atoms with Crippen molar-refractivity contribution in [2.45, 2.75) is 37.6 Å². The van der Waals surface area contributed by atoms with Crippen LogP contribution in [0.4, 0.5) is 5.69 Å². The molecule has 7 heteroatoms. The Morgan fingerprint density at radius 1 is 1.33 bits per heavy atom. The molecular formula is C14H21N3O3S. The number of likely N-dealkylation sites (tertiary alicyclic amines) is 1. The highest BCUT2D eigenvalue weighted by atomic mass is 32.2. The summed E-state index contributed by atoms with van der Waals surface area (Å²) in [6, 6.07) is 3.73. The predicted molar refractivity (Wildman–Crippen MR) is 81.2 cm³/mol. The van der Waals surface area contributed by atoms with Crippen molar-refractivity contribution in [2.24, 2.45) is 0 Å². The van der Waals surface area contributed by atoms with Gasteiger partial charge in [-0.15, -0.1) is 0 Å². The number of nitrogens with zero attached hydrogens (tertiary/aromatic N) is 1. The molecule has 21 heavy (non-hydrogen) atoms. The normalized spacial score (nSPS) is 17.0. The molecule has 1 unspecified atom stereocenters. The second-order valence-corrected chi connectivity index (χ2v) is 7.11. The van der Waals surface area contributed by atoms with Crippen molar-refractivity contribution < 1.29 is 13.2 Å². The zero-order valence-corrected chi connectivity index (χ0v) is 13.1. The minimum Gasteiger partial charge on any atom is -0.399 e. The van der Waals surface area contributed by atoms with Crippen molar-refractivity contribution in [3.05, 3.63) is 23.8 Å². The monoisotopic (exact) mass is 311 g/mol. The number of hydrogen-bond donors (Lipinski definition) is 2. The molecule has 116 valence electrons. The van der Waals surface area contributed by atoms with E-state index in [2.05, 4.69) is 4.72 Å². The van der Waals surface area contributed by atoms with Crippen LogP contribution >= 0.6 is 0 Å². The molecule has 0 saturated carbocycles. The van der Waals surface area contributed by atoms with E-state index in [1.807, 2.05) is 0 Å². The molecule has 1 amide bonds. The highest BCUT2D eigenvalue weighted by Crippen LogP contribution is 2.17. The van der Waals surface area contributed by atoms with E-state index < -0.39 is 16.1 Å². The Morgan fingerprint density at radius 3 is 2.52 bits per heavy atom. The number of benzene rings is 1. The number of nitrogens with one attached hydrogen (secondary N) is 1. The number of nitrogens with two attached hydrogens (primary N) is 1. The van der Waals surface area contributed by atoms with E-state index in [1.165, 1.54) is 12.1 Å². The maximum absolute atomic E-state index is 12.3. The van der Waals surface area contributed by atoms with Crippen molar-refractivity contribution in [1.82, 2.24) is 9.62 Å². The Hall–Kier alpha value is -1.60. The summed E-state index contributed by atoms with van der Waals surface area (Å²) in [5.41, 5.74) is 6.92. The van der Waals surface area contributed by atoms with Gasteiger partial charge in [0.15, 0.2) is 0 Å². The van der Waals surface area contributed by atoms with E-state index >= 15 is 0 Å². The maximum atomic E-state index is 12.3. The van der Waals surface area contributed by atoms with Gasteiger partial charge in [-0.2, -0.15) is 4.72 Å². The third kappa shape index (κ3) is 3.54. The molecule has 0 spiro atoms. The Balaban J connectivity index is 2.12. The van der Waals surface area contributed by atoms with Crippen molar-refractivity contribution >= 4 is 21.6 Å². The molecule has 3 N–H and O–H groups in total. The van der Waals surface area contributed by atoms with E-state index in [-0.39, 0.29) is 10.8 Å². The molecule has 1 fully saturated rings. The van der Waals surface area contributed by atoms with Gasteiger partial charge >= 0.3 is 0 Å². The summed E-state index contributed by atoms with van der Waals surface area (Å²) in [5.74, 6) is -0.178. The first-order valence-electron chi connectivity index (χ1n) is 6.98. The molecule has 1 saturated heterocycles. The van der Waals surface area contributed by atoms with Crippen LogP contribution in [0.25, 0.3) is 0 Å². The van der Waals surface area contributed by atoms with Crippen LogP contribution in [0.3, 0.4) is 0 Å². The summed E-state index contributed by atoms with van der Waals surface area (Å²) in [7, 11) is -3.73. The third-order valence-corrected chi connectivity index (χ3v) is 5.21. The highest BCUT2D eigenvalue weighted by molar-refractivity contribution is 7.89. The lowest BCUT2D eigenvalue weighted by Gasteiger charge is -2.21. The molecule has 0 bridgehead atoms. The van der Waals surface area contributed by atoms with Crippen molar-refractivity contribution in [3.8, 4) is 0 Å². The lowest BCUT2D eigenvalue weighted by molar-refractivity contribution is -0.131. The molecule has 1 aliphatic heterocycles. The topological polar surface area (TPSA) is 92.5 Å². The average molecular weight is 311 g/mol. The van der Waals surface area contributed by atoms with Gasteiger partial charge in [-0.1, -0.05) is 0 Å². The second kappa shape index (κ2) is 6.03. The average Bonchev–Trinajstić information content (AvgIpc) is 2.94. The SMILES string of the molecule is Cc1cc(S(=O)(=O)NC(C)C(=O)N2CCCC2)ccc1N. The summed E-state index contributed by atoms with van der Waals surface area (Å²) in [6.07, 6.45) is 1.95. The number of rotatable bonds is 4. The van der Waals surface area contributed by atoms with Crippen LogP contribution in [0.5, 0.6) is 0 Å². The van der Waals surface area contributed by atoms with Crippen molar-refractivity contribution in [1.29, 1.82) is 0 Å². The first-order valence-corrected chi connectivity index (χ1v) is 8.47. The van der Waals surface area contributed by atoms with E-state index in [9.17, 15) is 13.2 Å². The molecule has 6 nitrogen and oxygen atoms in total. The highest BCUT2D eigenvalue weighted by Gasteiger charge is 2.27. The van der Waals surface area contributed by atoms with Gasteiger partial charge in [0.2, 0.25) is 15.9 Å². The molecular weight excluding hydrogens is 290 g/mol. The van der Waals surface area contributed by atoms with Gasteiger partial charge in [-0.3, -0.25) is 4.79 Å². The molecule has 2 rings (SSSR count). The summed E-state index contributed by atoms with van der Waals surface area (Å²) in [4.78, 5) is 14.0. The van der Waals surface area contributed by atoms with Gasteiger partial charge in [0.25, 0.3) is 0 Å². The quantitative estimate of drug-likeness (QED) is 0.807. The first kappa shape index (κ1) is 15.8. The predicted octanol–water partition coefficient (Wildman–Crippen LogP) is 0.866. The fraction of sp³-hybridized carbons (Fsp3) is 0.500. The number of aryl methyl sites for hydroxylation is 1. The zero-order valence-electron chi connectivity index (χ0n) is 12.3. The lowest BCUT2D eigenvalue weighted by atomic mass is 10.2. The van der Waals surface area contributed by atoms with Gasteiger partial charge < -0.3 is 10.6 Å². The maximum Gasteiger partial charge on any atom is 0.241 e. The largest absolute Gasteiger partial charge is 0.399 e. The molecule has 0 aromatic heterocycles. The summed E-state index contributed by atoms with van der Waals surface area (Å²) >= 11 is 0. The Morgan fingerprint density at radius 2 is 1.95 bits per heavy atom. The summed E-state index contributed by atoms with van der Waals surface area (Å²) in [5, 5.41) is 0.